The minimum Gasteiger partial charge on any atom is -0.462 e. The predicted molar refractivity (Wildman–Crippen MR) is 302 cm³/mol. The molecule has 0 amide bonds. The maximum atomic E-state index is 12.8. The van der Waals surface area contributed by atoms with Crippen LogP contribution in [0, 0.1) is 0 Å². The van der Waals surface area contributed by atoms with Gasteiger partial charge in [0.1, 0.15) is 13.2 Å². The van der Waals surface area contributed by atoms with E-state index in [0.29, 0.717) is 19.3 Å². The molecule has 0 aromatic carbocycles. The monoisotopic (exact) mass is 979 g/mol. The van der Waals surface area contributed by atoms with Gasteiger partial charge in [0.05, 0.1) is 0 Å². The van der Waals surface area contributed by atoms with Crippen LogP contribution in [0.2, 0.25) is 0 Å². The molecule has 70 heavy (non-hydrogen) atoms. The molecule has 6 heteroatoms. The zero-order chi connectivity index (χ0) is 50.7. The normalized spacial score (nSPS) is 12.4. The van der Waals surface area contributed by atoms with Crippen LogP contribution in [0.5, 0.6) is 0 Å². The molecule has 0 rings (SSSR count). The summed E-state index contributed by atoms with van der Waals surface area (Å²) in [5.74, 6) is -0.964. The quantitative estimate of drug-likeness (QED) is 0.0261. The number of ether oxygens (including phenoxy) is 3. The van der Waals surface area contributed by atoms with Crippen LogP contribution in [-0.2, 0) is 28.6 Å². The molecule has 0 aliphatic rings. The lowest BCUT2D eigenvalue weighted by molar-refractivity contribution is -0.166. The first-order valence-corrected chi connectivity index (χ1v) is 30.3. The van der Waals surface area contributed by atoms with Gasteiger partial charge >= 0.3 is 17.9 Å². The van der Waals surface area contributed by atoms with E-state index in [0.717, 1.165) is 64.2 Å². The Labute approximate surface area is 434 Å². The van der Waals surface area contributed by atoms with Crippen molar-refractivity contribution in [2.45, 2.75) is 316 Å². The third kappa shape index (κ3) is 56.0. The fraction of sp³-hybridized carbons (Fsp3) is 0.797. The molecule has 0 radical (unpaired) electrons. The minimum atomic E-state index is -0.801. The molecule has 0 bridgehead atoms. The van der Waals surface area contributed by atoms with Crippen LogP contribution in [0.4, 0.5) is 0 Å². The first kappa shape index (κ1) is 67.1. The molecule has 0 spiro atoms. The predicted octanol–water partition coefficient (Wildman–Crippen LogP) is 20.4. The van der Waals surface area contributed by atoms with Gasteiger partial charge in [-0.05, 0) is 57.8 Å². The molecule has 1 atom stereocenters. The average Bonchev–Trinajstić information content (AvgIpc) is 3.36. The summed E-state index contributed by atoms with van der Waals surface area (Å²) in [7, 11) is 0. The molecule has 6 nitrogen and oxygen atoms in total. The van der Waals surface area contributed by atoms with E-state index in [4.69, 9.17) is 14.2 Å². The first-order chi connectivity index (χ1) is 34.5. The number of rotatable bonds is 55. The van der Waals surface area contributed by atoms with Crippen molar-refractivity contribution in [3.8, 4) is 0 Å². The molecule has 0 unspecified atom stereocenters. The highest BCUT2D eigenvalue weighted by molar-refractivity contribution is 5.71. The number of carbonyl (C=O) groups excluding carboxylic acids is 3. The lowest BCUT2D eigenvalue weighted by Crippen LogP contribution is -2.30. The Morgan fingerprint density at radius 3 is 0.886 bits per heavy atom. The van der Waals surface area contributed by atoms with Gasteiger partial charge in [0.2, 0.25) is 0 Å². The van der Waals surface area contributed by atoms with E-state index in [1.165, 1.54) is 199 Å². The summed E-state index contributed by atoms with van der Waals surface area (Å²) in [6, 6.07) is 0. The standard InChI is InChI=1S/C64H114O6/c1-4-7-10-13-16-19-22-25-27-29-31-32-34-36-38-40-43-45-48-51-54-57-63(66)69-60-61(70-64(67)58-55-52-49-46-41-24-21-18-15-12-9-6-3)59-68-62(65)56-53-50-47-44-42-39-37-35-33-30-28-26-23-20-17-14-11-8-5-2/h17,20,26,28,33,35,39,42,47,50,61H,4-16,18-19,21-25,27,29-32,34,36-38,40-41,43-46,48-49,51-60H2,1-3H3/b20-17-,28-26-,35-33-,42-39-,50-47-/t61-/m1/s1. The van der Waals surface area contributed by atoms with Crippen molar-refractivity contribution >= 4 is 17.9 Å². The number of unbranched alkanes of at least 4 members (excludes halogenated alkanes) is 34. The molecular formula is C64H114O6. The van der Waals surface area contributed by atoms with E-state index in [1.54, 1.807) is 0 Å². The van der Waals surface area contributed by atoms with Gasteiger partial charge in [-0.3, -0.25) is 14.4 Å². The third-order valence-electron chi connectivity index (χ3n) is 13.3. The fourth-order valence-corrected chi connectivity index (χ4v) is 8.72. The second kappa shape index (κ2) is 58.7. The number of hydrogen-bond donors (Lipinski definition) is 0. The molecule has 0 aliphatic heterocycles. The van der Waals surface area contributed by atoms with Crippen molar-refractivity contribution in [1.82, 2.24) is 0 Å². The molecule has 0 saturated heterocycles. The molecule has 406 valence electrons. The van der Waals surface area contributed by atoms with Crippen molar-refractivity contribution in [3.05, 3.63) is 60.8 Å². The van der Waals surface area contributed by atoms with Crippen molar-refractivity contribution in [2.24, 2.45) is 0 Å². The van der Waals surface area contributed by atoms with E-state index in [1.807, 2.05) is 6.08 Å². The van der Waals surface area contributed by atoms with E-state index in [2.05, 4.69) is 75.5 Å². The summed E-state index contributed by atoms with van der Waals surface area (Å²) in [5.41, 5.74) is 0. The van der Waals surface area contributed by atoms with Gasteiger partial charge in [0.25, 0.3) is 0 Å². The van der Waals surface area contributed by atoms with Gasteiger partial charge in [0.15, 0.2) is 6.10 Å². The Morgan fingerprint density at radius 2 is 0.543 bits per heavy atom. The number of esters is 3. The van der Waals surface area contributed by atoms with Crippen LogP contribution in [0.3, 0.4) is 0 Å². The van der Waals surface area contributed by atoms with Crippen molar-refractivity contribution in [1.29, 1.82) is 0 Å². The van der Waals surface area contributed by atoms with Gasteiger partial charge in [-0.2, -0.15) is 0 Å². The van der Waals surface area contributed by atoms with E-state index < -0.39 is 6.10 Å². The van der Waals surface area contributed by atoms with Crippen molar-refractivity contribution in [2.75, 3.05) is 13.2 Å². The summed E-state index contributed by atoms with van der Waals surface area (Å²) in [6.07, 6.45) is 73.8. The van der Waals surface area contributed by atoms with Gasteiger partial charge in [-0.25, -0.2) is 0 Å². The molecule has 0 heterocycles. The van der Waals surface area contributed by atoms with Crippen LogP contribution in [0.25, 0.3) is 0 Å². The molecule has 0 fully saturated rings. The summed E-state index contributed by atoms with van der Waals surface area (Å²) in [6.45, 7) is 6.58. The summed E-state index contributed by atoms with van der Waals surface area (Å²) in [4.78, 5) is 38.1. The van der Waals surface area contributed by atoms with E-state index in [9.17, 15) is 14.4 Å². The van der Waals surface area contributed by atoms with Crippen molar-refractivity contribution < 1.29 is 28.6 Å². The zero-order valence-corrected chi connectivity index (χ0v) is 46.5. The SMILES string of the molecule is CCCCC/C=C\C/C=C\C/C=C\C/C=C\C/C=C\CCC(=O)OC[C@H](COC(=O)CCCCCCCCCCCCCCCCCCCCCCC)OC(=O)CCCCCCCCCCCCCC. The van der Waals surface area contributed by atoms with Crippen LogP contribution in [0.1, 0.15) is 310 Å². The Bertz CT molecular complexity index is 1260. The fourth-order valence-electron chi connectivity index (χ4n) is 8.72. The number of carbonyl (C=O) groups is 3. The van der Waals surface area contributed by atoms with Gasteiger partial charge in [-0.15, -0.1) is 0 Å². The highest BCUT2D eigenvalue weighted by Gasteiger charge is 2.19. The largest absolute Gasteiger partial charge is 0.462 e. The van der Waals surface area contributed by atoms with Crippen LogP contribution in [-0.4, -0.2) is 37.2 Å². The topological polar surface area (TPSA) is 78.9 Å². The zero-order valence-electron chi connectivity index (χ0n) is 46.5. The first-order valence-electron chi connectivity index (χ1n) is 30.3. The average molecular weight is 980 g/mol. The van der Waals surface area contributed by atoms with E-state index >= 15 is 0 Å². The maximum Gasteiger partial charge on any atom is 0.306 e. The Morgan fingerprint density at radius 1 is 0.286 bits per heavy atom. The Balaban J connectivity index is 4.37. The van der Waals surface area contributed by atoms with Crippen molar-refractivity contribution in [3.63, 3.8) is 0 Å². The van der Waals surface area contributed by atoms with Crippen LogP contribution in [0.15, 0.2) is 60.8 Å². The van der Waals surface area contributed by atoms with Gasteiger partial charge in [-0.1, -0.05) is 293 Å². The summed E-state index contributed by atoms with van der Waals surface area (Å²) in [5, 5.41) is 0. The lowest BCUT2D eigenvalue weighted by Gasteiger charge is -2.18. The molecular weight excluding hydrogens is 865 g/mol. The molecule has 0 aliphatic carbocycles. The highest BCUT2D eigenvalue weighted by Crippen LogP contribution is 2.17. The molecule has 0 saturated carbocycles. The van der Waals surface area contributed by atoms with Gasteiger partial charge < -0.3 is 14.2 Å². The number of hydrogen-bond acceptors (Lipinski definition) is 6. The Kier molecular flexibility index (Phi) is 56.3. The minimum absolute atomic E-state index is 0.0927. The van der Waals surface area contributed by atoms with Crippen LogP contribution >= 0.6 is 0 Å². The summed E-state index contributed by atoms with van der Waals surface area (Å²) >= 11 is 0. The second-order valence-corrected chi connectivity index (χ2v) is 20.3. The third-order valence-corrected chi connectivity index (χ3v) is 13.3. The summed E-state index contributed by atoms with van der Waals surface area (Å²) < 4.78 is 16.8. The molecule has 0 aromatic rings. The van der Waals surface area contributed by atoms with E-state index in [-0.39, 0.29) is 37.5 Å². The molecule has 0 aromatic heterocycles. The maximum absolute atomic E-state index is 12.8. The molecule has 0 N–H and O–H groups in total. The lowest BCUT2D eigenvalue weighted by atomic mass is 10.0. The van der Waals surface area contributed by atoms with Gasteiger partial charge in [0, 0.05) is 19.3 Å². The van der Waals surface area contributed by atoms with Crippen LogP contribution < -0.4 is 0 Å². The Hall–Kier alpha value is -2.89. The second-order valence-electron chi connectivity index (χ2n) is 20.3. The smallest absolute Gasteiger partial charge is 0.306 e. The number of allylic oxidation sites excluding steroid dienone is 10. The highest BCUT2D eigenvalue weighted by atomic mass is 16.6.